The zero-order valence-corrected chi connectivity index (χ0v) is 12.4. The van der Waals surface area contributed by atoms with E-state index in [4.69, 9.17) is 0 Å². The van der Waals surface area contributed by atoms with Gasteiger partial charge in [-0.05, 0) is 24.3 Å². The number of aromatic nitrogens is 1. The van der Waals surface area contributed by atoms with Crippen molar-refractivity contribution in [2.24, 2.45) is 0 Å². The third-order valence-electron chi connectivity index (χ3n) is 3.78. The van der Waals surface area contributed by atoms with Crippen LogP contribution in [0.4, 0.5) is 0 Å². The summed E-state index contributed by atoms with van der Waals surface area (Å²) in [7, 11) is 0. The lowest BCUT2D eigenvalue weighted by Gasteiger charge is -2.07. The molecule has 0 atom stereocenters. The second kappa shape index (κ2) is 5.30. The molecule has 2 heteroatoms. The minimum absolute atomic E-state index is 0.929. The summed E-state index contributed by atoms with van der Waals surface area (Å²) in [6.07, 6.45) is 0. The van der Waals surface area contributed by atoms with E-state index in [9.17, 15) is 0 Å². The molecule has 0 fully saturated rings. The molecule has 1 heterocycles. The fraction of sp³-hybridized carbons (Fsp3) is 0.0526. The molecule has 0 saturated carbocycles. The Balaban J connectivity index is 1.82. The highest BCUT2D eigenvalue weighted by Crippen LogP contribution is 2.31. The number of hydrogen-bond acceptors (Lipinski definition) is 1. The Bertz CT molecular complexity index is 840. The van der Waals surface area contributed by atoms with Gasteiger partial charge in [0.25, 0.3) is 0 Å². The number of nitrogens with zero attached hydrogens (tertiary/aromatic N) is 1. The van der Waals surface area contributed by atoms with Crippen LogP contribution in [-0.2, 0) is 5.88 Å². The monoisotopic (exact) mass is 289 g/mol. The predicted octanol–water partition coefficient (Wildman–Crippen LogP) is 5.54. The zero-order chi connectivity index (χ0) is 14.1. The van der Waals surface area contributed by atoms with Crippen molar-refractivity contribution in [3.8, 4) is 0 Å². The van der Waals surface area contributed by atoms with E-state index in [1.807, 2.05) is 11.8 Å². The van der Waals surface area contributed by atoms with Crippen molar-refractivity contribution in [3.05, 3.63) is 78.9 Å². The molecule has 102 valence electrons. The Morgan fingerprint density at radius 2 is 1.14 bits per heavy atom. The lowest BCUT2D eigenvalue weighted by atomic mass is 10.2. The van der Waals surface area contributed by atoms with Gasteiger partial charge in [-0.3, -0.25) is 0 Å². The van der Waals surface area contributed by atoms with E-state index in [-0.39, 0.29) is 0 Å². The molecule has 0 aliphatic heterocycles. The van der Waals surface area contributed by atoms with Crippen LogP contribution in [0.2, 0.25) is 0 Å². The Hall–Kier alpha value is -2.19. The third-order valence-corrected chi connectivity index (χ3v) is 4.78. The van der Waals surface area contributed by atoms with Crippen molar-refractivity contribution in [1.82, 2.24) is 4.57 Å². The van der Waals surface area contributed by atoms with Crippen molar-refractivity contribution >= 4 is 33.6 Å². The fourth-order valence-corrected chi connectivity index (χ4v) is 3.70. The van der Waals surface area contributed by atoms with Gasteiger partial charge in [0.15, 0.2) is 0 Å². The molecule has 4 aromatic rings. The summed E-state index contributed by atoms with van der Waals surface area (Å²) in [5.74, 6) is 0.929. The van der Waals surface area contributed by atoms with Crippen LogP contribution in [0.15, 0.2) is 83.8 Å². The van der Waals surface area contributed by atoms with E-state index in [2.05, 4.69) is 83.4 Å². The maximum absolute atomic E-state index is 2.41. The van der Waals surface area contributed by atoms with E-state index in [0.717, 1.165) is 5.88 Å². The summed E-state index contributed by atoms with van der Waals surface area (Å²) in [6.45, 7) is 0. The summed E-state index contributed by atoms with van der Waals surface area (Å²) >= 11 is 1.87. The van der Waals surface area contributed by atoms with Crippen molar-refractivity contribution in [2.45, 2.75) is 10.8 Å². The van der Waals surface area contributed by atoms with Crippen LogP contribution in [0, 0.1) is 0 Å². The summed E-state index contributed by atoms with van der Waals surface area (Å²) in [4.78, 5) is 1.30. The van der Waals surface area contributed by atoms with Crippen molar-refractivity contribution in [1.29, 1.82) is 0 Å². The van der Waals surface area contributed by atoms with Gasteiger partial charge in [0.2, 0.25) is 0 Å². The average Bonchev–Trinajstić information content (AvgIpc) is 2.88. The molecule has 0 spiro atoms. The van der Waals surface area contributed by atoms with Crippen LogP contribution >= 0.6 is 11.8 Å². The van der Waals surface area contributed by atoms with Gasteiger partial charge in [-0.15, -0.1) is 11.8 Å². The van der Waals surface area contributed by atoms with E-state index in [1.54, 1.807) is 0 Å². The average molecular weight is 289 g/mol. The van der Waals surface area contributed by atoms with Crippen LogP contribution < -0.4 is 0 Å². The normalized spacial score (nSPS) is 11.2. The fourth-order valence-electron chi connectivity index (χ4n) is 2.80. The standard InChI is InChI=1S/C19H15NS/c1-2-8-15(9-3-1)21-14-20-18-12-6-4-10-16(18)17-11-5-7-13-19(17)20/h1-13H,14H2. The first kappa shape index (κ1) is 12.5. The quantitative estimate of drug-likeness (QED) is 0.448. The molecule has 21 heavy (non-hydrogen) atoms. The van der Waals surface area contributed by atoms with Gasteiger partial charge in [0.1, 0.15) is 0 Å². The molecule has 0 amide bonds. The Morgan fingerprint density at radius 1 is 0.619 bits per heavy atom. The molecular weight excluding hydrogens is 274 g/mol. The minimum Gasteiger partial charge on any atom is -0.330 e. The van der Waals surface area contributed by atoms with Crippen LogP contribution in [0.5, 0.6) is 0 Å². The van der Waals surface area contributed by atoms with Crippen molar-refractivity contribution in [3.63, 3.8) is 0 Å². The molecular formula is C19H15NS. The first-order valence-corrected chi connectivity index (χ1v) is 8.06. The van der Waals surface area contributed by atoms with Crippen LogP contribution in [-0.4, -0.2) is 4.57 Å². The second-order valence-corrected chi connectivity index (χ2v) is 6.07. The van der Waals surface area contributed by atoms with E-state index < -0.39 is 0 Å². The van der Waals surface area contributed by atoms with Gasteiger partial charge < -0.3 is 4.57 Å². The van der Waals surface area contributed by atoms with Gasteiger partial charge in [0.05, 0.1) is 5.88 Å². The smallest absolute Gasteiger partial charge is 0.0735 e. The van der Waals surface area contributed by atoms with Gasteiger partial charge >= 0.3 is 0 Å². The first-order valence-electron chi connectivity index (χ1n) is 7.07. The molecule has 0 saturated heterocycles. The molecule has 0 unspecified atom stereocenters. The van der Waals surface area contributed by atoms with Gasteiger partial charge in [0, 0.05) is 26.7 Å². The van der Waals surface area contributed by atoms with Gasteiger partial charge in [-0.1, -0.05) is 54.6 Å². The molecule has 0 N–H and O–H groups in total. The highest BCUT2D eigenvalue weighted by atomic mass is 32.2. The third kappa shape index (κ3) is 2.22. The van der Waals surface area contributed by atoms with Gasteiger partial charge in [-0.25, -0.2) is 0 Å². The Kier molecular flexibility index (Phi) is 3.17. The number of thioether (sulfide) groups is 1. The first-order chi connectivity index (χ1) is 10.4. The van der Waals surface area contributed by atoms with Crippen molar-refractivity contribution in [2.75, 3.05) is 0 Å². The molecule has 1 aromatic heterocycles. The maximum atomic E-state index is 2.41. The van der Waals surface area contributed by atoms with Crippen molar-refractivity contribution < 1.29 is 0 Å². The van der Waals surface area contributed by atoms with Crippen LogP contribution in [0.3, 0.4) is 0 Å². The molecule has 0 bridgehead atoms. The van der Waals surface area contributed by atoms with Gasteiger partial charge in [-0.2, -0.15) is 0 Å². The Labute approximate surface area is 128 Å². The maximum Gasteiger partial charge on any atom is 0.0735 e. The predicted molar refractivity (Wildman–Crippen MR) is 91.7 cm³/mol. The summed E-state index contributed by atoms with van der Waals surface area (Å²) in [5, 5.41) is 2.67. The van der Waals surface area contributed by atoms with E-state index >= 15 is 0 Å². The lowest BCUT2D eigenvalue weighted by Crippen LogP contribution is -1.93. The molecule has 0 aliphatic carbocycles. The number of hydrogen-bond donors (Lipinski definition) is 0. The summed E-state index contributed by atoms with van der Waals surface area (Å²) in [5.41, 5.74) is 2.62. The molecule has 4 rings (SSSR count). The molecule has 1 nitrogen and oxygen atoms in total. The largest absolute Gasteiger partial charge is 0.330 e. The molecule has 3 aromatic carbocycles. The number of para-hydroxylation sites is 2. The number of benzene rings is 3. The molecule has 0 radical (unpaired) electrons. The summed E-state index contributed by atoms with van der Waals surface area (Å²) < 4.78 is 2.41. The zero-order valence-electron chi connectivity index (χ0n) is 11.6. The van der Waals surface area contributed by atoms with E-state index in [0.29, 0.717) is 0 Å². The minimum atomic E-state index is 0.929. The molecule has 0 aliphatic rings. The highest BCUT2D eigenvalue weighted by molar-refractivity contribution is 7.98. The number of fused-ring (bicyclic) bond motifs is 3. The number of rotatable bonds is 3. The summed E-state index contributed by atoms with van der Waals surface area (Å²) in [6, 6.07) is 27.9. The van der Waals surface area contributed by atoms with Crippen LogP contribution in [0.25, 0.3) is 21.8 Å². The van der Waals surface area contributed by atoms with E-state index in [1.165, 1.54) is 26.7 Å². The second-order valence-electron chi connectivity index (χ2n) is 5.05. The Morgan fingerprint density at radius 3 is 1.76 bits per heavy atom. The van der Waals surface area contributed by atoms with Crippen LogP contribution in [0.1, 0.15) is 0 Å². The SMILES string of the molecule is c1ccc(SCn2c3ccccc3c3ccccc32)cc1. The lowest BCUT2D eigenvalue weighted by molar-refractivity contribution is 0.983. The topological polar surface area (TPSA) is 4.93 Å². The highest BCUT2D eigenvalue weighted by Gasteiger charge is 2.09.